The second-order valence-electron chi connectivity index (χ2n) is 3.99. The lowest BCUT2D eigenvalue weighted by Crippen LogP contribution is -2.38. The number of imide groups is 1. The lowest BCUT2D eigenvalue weighted by molar-refractivity contribution is -0.144. The molecule has 0 saturated carbocycles. The van der Waals surface area contributed by atoms with Crippen LogP contribution in [0, 0.1) is 5.92 Å². The van der Waals surface area contributed by atoms with E-state index in [1.165, 1.54) is 4.90 Å². The molecule has 1 aliphatic rings. The summed E-state index contributed by atoms with van der Waals surface area (Å²) in [5.74, 6) is -1.54. The van der Waals surface area contributed by atoms with E-state index in [2.05, 4.69) is 0 Å². The van der Waals surface area contributed by atoms with Gasteiger partial charge in [-0.1, -0.05) is 6.92 Å². The van der Waals surface area contributed by atoms with Gasteiger partial charge in [-0.25, -0.2) is 0 Å². The number of carboxylic acids is 1. The number of rotatable bonds is 4. The van der Waals surface area contributed by atoms with E-state index in [-0.39, 0.29) is 36.6 Å². The fourth-order valence-corrected chi connectivity index (χ4v) is 1.73. The predicted octanol–water partition coefficient (Wildman–Crippen LogP) is 0.635. The van der Waals surface area contributed by atoms with Gasteiger partial charge in [0.05, 0.1) is 0 Å². The van der Waals surface area contributed by atoms with Crippen LogP contribution in [-0.2, 0) is 14.4 Å². The van der Waals surface area contributed by atoms with E-state index >= 15 is 0 Å². The summed E-state index contributed by atoms with van der Waals surface area (Å²) in [5, 5.41) is 8.50. The van der Waals surface area contributed by atoms with E-state index in [0.717, 1.165) is 0 Å². The maximum atomic E-state index is 11.6. The van der Waals surface area contributed by atoms with Crippen LogP contribution in [0.5, 0.6) is 0 Å². The van der Waals surface area contributed by atoms with Gasteiger partial charge in [-0.15, -0.1) is 0 Å². The number of amides is 2. The average Bonchev–Trinajstić information content (AvgIpc) is 2.37. The Hall–Kier alpha value is -1.39. The Labute approximate surface area is 88.1 Å². The predicted molar refractivity (Wildman–Crippen MR) is 52.0 cm³/mol. The Bertz CT molecular complexity index is 300. The first-order valence-corrected chi connectivity index (χ1v) is 5.01. The summed E-state index contributed by atoms with van der Waals surface area (Å²) in [6.07, 6.45) is 0.544. The van der Waals surface area contributed by atoms with Crippen LogP contribution in [0.15, 0.2) is 0 Å². The molecule has 0 spiro atoms. The van der Waals surface area contributed by atoms with E-state index in [4.69, 9.17) is 5.11 Å². The Morgan fingerprint density at radius 3 is 2.60 bits per heavy atom. The highest BCUT2D eigenvalue weighted by Crippen LogP contribution is 2.22. The molecule has 0 aliphatic carbocycles. The normalized spacial score (nSPS) is 23.3. The average molecular weight is 213 g/mol. The molecule has 1 N–H and O–H groups in total. The first-order chi connectivity index (χ1) is 6.93. The zero-order chi connectivity index (χ0) is 11.6. The molecule has 1 aliphatic heterocycles. The van der Waals surface area contributed by atoms with Crippen molar-refractivity contribution in [3.8, 4) is 0 Å². The standard InChI is InChI=1S/C10H15NO4/c1-6-5-8(12)11(10(6)15)7(2)3-4-9(13)14/h6-7H,3-5H2,1-2H3,(H,13,14). The van der Waals surface area contributed by atoms with Crippen LogP contribution in [0.1, 0.15) is 33.1 Å². The highest BCUT2D eigenvalue weighted by molar-refractivity contribution is 6.03. The quantitative estimate of drug-likeness (QED) is 0.695. The van der Waals surface area contributed by atoms with E-state index in [1.54, 1.807) is 13.8 Å². The van der Waals surface area contributed by atoms with Crippen LogP contribution in [0.25, 0.3) is 0 Å². The molecule has 5 nitrogen and oxygen atoms in total. The Balaban J connectivity index is 2.59. The molecular formula is C10H15NO4. The molecule has 2 amide bonds. The van der Waals surface area contributed by atoms with Crippen molar-refractivity contribution in [2.45, 2.75) is 39.2 Å². The first-order valence-electron chi connectivity index (χ1n) is 5.01. The van der Waals surface area contributed by atoms with Gasteiger partial charge in [-0.2, -0.15) is 0 Å². The van der Waals surface area contributed by atoms with Gasteiger partial charge in [0, 0.05) is 24.8 Å². The smallest absolute Gasteiger partial charge is 0.303 e. The van der Waals surface area contributed by atoms with E-state index in [9.17, 15) is 14.4 Å². The molecule has 15 heavy (non-hydrogen) atoms. The minimum Gasteiger partial charge on any atom is -0.481 e. The zero-order valence-corrected chi connectivity index (χ0v) is 8.90. The highest BCUT2D eigenvalue weighted by Gasteiger charge is 2.38. The van der Waals surface area contributed by atoms with Crippen LogP contribution >= 0.6 is 0 Å². The molecule has 1 rings (SSSR count). The van der Waals surface area contributed by atoms with Crippen molar-refractivity contribution in [3.63, 3.8) is 0 Å². The van der Waals surface area contributed by atoms with Crippen molar-refractivity contribution >= 4 is 17.8 Å². The minimum absolute atomic E-state index is 0.0212. The fourth-order valence-electron chi connectivity index (χ4n) is 1.73. The molecule has 0 aromatic rings. The molecule has 2 unspecified atom stereocenters. The number of carbonyl (C=O) groups is 3. The third-order valence-electron chi connectivity index (χ3n) is 2.63. The van der Waals surface area contributed by atoms with Gasteiger partial charge in [0.15, 0.2) is 0 Å². The van der Waals surface area contributed by atoms with Crippen LogP contribution < -0.4 is 0 Å². The largest absolute Gasteiger partial charge is 0.481 e. The lowest BCUT2D eigenvalue weighted by Gasteiger charge is -2.22. The maximum absolute atomic E-state index is 11.6. The first kappa shape index (κ1) is 11.7. The van der Waals surface area contributed by atoms with Crippen molar-refractivity contribution in [1.82, 2.24) is 4.90 Å². The minimum atomic E-state index is -0.908. The third kappa shape index (κ3) is 2.55. The second-order valence-corrected chi connectivity index (χ2v) is 3.99. The molecule has 0 bridgehead atoms. The highest BCUT2D eigenvalue weighted by atomic mass is 16.4. The SMILES string of the molecule is CC1CC(=O)N(C(C)CCC(=O)O)C1=O. The van der Waals surface area contributed by atoms with Gasteiger partial charge < -0.3 is 5.11 Å². The summed E-state index contributed by atoms with van der Waals surface area (Å²) in [6.45, 7) is 3.42. The lowest BCUT2D eigenvalue weighted by atomic mass is 10.1. The van der Waals surface area contributed by atoms with Crippen molar-refractivity contribution in [3.05, 3.63) is 0 Å². The molecule has 1 fully saturated rings. The zero-order valence-electron chi connectivity index (χ0n) is 8.90. The molecule has 1 heterocycles. The second kappa shape index (κ2) is 4.42. The summed E-state index contributed by atoms with van der Waals surface area (Å²) in [6, 6.07) is -0.314. The van der Waals surface area contributed by atoms with Crippen molar-refractivity contribution in [2.75, 3.05) is 0 Å². The van der Waals surface area contributed by atoms with Crippen LogP contribution in [0.3, 0.4) is 0 Å². The number of carbonyl (C=O) groups excluding carboxylic acids is 2. The molecule has 5 heteroatoms. The molecule has 1 saturated heterocycles. The Morgan fingerprint density at radius 1 is 1.60 bits per heavy atom. The van der Waals surface area contributed by atoms with Gasteiger partial charge in [0.25, 0.3) is 0 Å². The van der Waals surface area contributed by atoms with Crippen LogP contribution in [-0.4, -0.2) is 33.8 Å². The number of nitrogens with zero attached hydrogens (tertiary/aromatic N) is 1. The number of aliphatic carboxylic acids is 1. The van der Waals surface area contributed by atoms with Crippen molar-refractivity contribution in [2.24, 2.45) is 5.92 Å². The number of likely N-dealkylation sites (tertiary alicyclic amines) is 1. The Kier molecular flexibility index (Phi) is 3.44. The van der Waals surface area contributed by atoms with E-state index < -0.39 is 5.97 Å². The monoisotopic (exact) mass is 213 g/mol. The number of hydrogen-bond acceptors (Lipinski definition) is 3. The van der Waals surface area contributed by atoms with Crippen molar-refractivity contribution in [1.29, 1.82) is 0 Å². The number of carboxylic acid groups (broad SMARTS) is 1. The van der Waals surface area contributed by atoms with Gasteiger partial charge >= 0.3 is 5.97 Å². The Morgan fingerprint density at radius 2 is 2.20 bits per heavy atom. The summed E-state index contributed by atoms with van der Waals surface area (Å²) in [5.41, 5.74) is 0. The van der Waals surface area contributed by atoms with Gasteiger partial charge in [-0.05, 0) is 13.3 Å². The molecule has 84 valence electrons. The maximum Gasteiger partial charge on any atom is 0.303 e. The number of hydrogen-bond donors (Lipinski definition) is 1. The van der Waals surface area contributed by atoms with Gasteiger partial charge in [-0.3, -0.25) is 19.3 Å². The third-order valence-corrected chi connectivity index (χ3v) is 2.63. The topological polar surface area (TPSA) is 74.7 Å². The summed E-state index contributed by atoms with van der Waals surface area (Å²) < 4.78 is 0. The molecular weight excluding hydrogens is 198 g/mol. The van der Waals surface area contributed by atoms with Gasteiger partial charge in [0.2, 0.25) is 11.8 Å². The molecule has 0 aromatic heterocycles. The molecule has 0 radical (unpaired) electrons. The molecule has 2 atom stereocenters. The summed E-state index contributed by atoms with van der Waals surface area (Å²) in [7, 11) is 0. The van der Waals surface area contributed by atoms with E-state index in [0.29, 0.717) is 6.42 Å². The molecule has 0 aromatic carbocycles. The van der Waals surface area contributed by atoms with Gasteiger partial charge in [0.1, 0.15) is 0 Å². The van der Waals surface area contributed by atoms with E-state index in [1.807, 2.05) is 0 Å². The van der Waals surface area contributed by atoms with Crippen molar-refractivity contribution < 1.29 is 19.5 Å². The fraction of sp³-hybridized carbons (Fsp3) is 0.700. The summed E-state index contributed by atoms with van der Waals surface area (Å²) in [4.78, 5) is 34.6. The van der Waals surface area contributed by atoms with Crippen LogP contribution in [0.4, 0.5) is 0 Å². The summed E-state index contributed by atoms with van der Waals surface area (Å²) >= 11 is 0. The van der Waals surface area contributed by atoms with Crippen LogP contribution in [0.2, 0.25) is 0 Å².